The Bertz CT molecular complexity index is 237. The number of fused-ring (bicyclic) bond motifs is 1. The second-order valence-corrected chi connectivity index (χ2v) is 6.35. The zero-order valence-electron chi connectivity index (χ0n) is 10.4. The number of nitrogens with zero attached hydrogens (tertiary/aromatic N) is 1. The van der Waals surface area contributed by atoms with Gasteiger partial charge >= 0.3 is 0 Å². The van der Waals surface area contributed by atoms with Gasteiger partial charge in [0.2, 0.25) is 0 Å². The van der Waals surface area contributed by atoms with Crippen LogP contribution in [0.1, 0.15) is 44.9 Å². The van der Waals surface area contributed by atoms with Gasteiger partial charge in [0.15, 0.2) is 0 Å². The summed E-state index contributed by atoms with van der Waals surface area (Å²) in [5.74, 6) is 2.93. The summed E-state index contributed by atoms with van der Waals surface area (Å²) in [4.78, 5) is 2.66. The fraction of sp³-hybridized carbons (Fsp3) is 1.00. The second-order valence-electron chi connectivity index (χ2n) is 6.35. The van der Waals surface area contributed by atoms with Gasteiger partial charge in [-0.05, 0) is 50.0 Å². The van der Waals surface area contributed by atoms with E-state index in [1.165, 1.54) is 64.6 Å². The first-order chi connectivity index (χ1) is 7.83. The van der Waals surface area contributed by atoms with Crippen LogP contribution >= 0.6 is 0 Å². The predicted octanol–water partition coefficient (Wildman–Crippen LogP) is 2.24. The molecule has 2 saturated carbocycles. The second kappa shape index (κ2) is 4.66. The van der Waals surface area contributed by atoms with Crippen molar-refractivity contribution in [2.75, 3.05) is 19.6 Å². The van der Waals surface area contributed by atoms with Gasteiger partial charge in [0.25, 0.3) is 0 Å². The van der Waals surface area contributed by atoms with Gasteiger partial charge in [0, 0.05) is 19.1 Å². The van der Waals surface area contributed by atoms with Crippen LogP contribution < -0.4 is 5.73 Å². The lowest BCUT2D eigenvalue weighted by Crippen LogP contribution is -2.47. The smallest absolute Gasteiger partial charge is 0.0196 e. The van der Waals surface area contributed by atoms with E-state index in [4.69, 9.17) is 5.73 Å². The standard InChI is InChI=1S/C14H26N2/c15-14(12-5-6-12)10-16-8-7-11-3-1-2-4-13(11)9-16/h11-14H,1-10,15H2. The topological polar surface area (TPSA) is 29.3 Å². The molecule has 0 spiro atoms. The minimum Gasteiger partial charge on any atom is -0.326 e. The van der Waals surface area contributed by atoms with Crippen LogP contribution in [0, 0.1) is 17.8 Å². The third-order valence-corrected chi connectivity index (χ3v) is 5.07. The highest BCUT2D eigenvalue weighted by atomic mass is 15.1. The van der Waals surface area contributed by atoms with E-state index in [2.05, 4.69) is 4.90 Å². The highest BCUT2D eigenvalue weighted by Crippen LogP contribution is 2.37. The summed E-state index contributed by atoms with van der Waals surface area (Å²) in [6.07, 6.45) is 10.2. The summed E-state index contributed by atoms with van der Waals surface area (Å²) in [7, 11) is 0. The summed E-state index contributed by atoms with van der Waals surface area (Å²) in [6, 6.07) is 0.472. The van der Waals surface area contributed by atoms with Crippen molar-refractivity contribution in [3.8, 4) is 0 Å². The molecular formula is C14H26N2. The molecule has 0 aromatic heterocycles. The van der Waals surface area contributed by atoms with Gasteiger partial charge < -0.3 is 10.6 Å². The van der Waals surface area contributed by atoms with Crippen molar-refractivity contribution in [3.63, 3.8) is 0 Å². The van der Waals surface area contributed by atoms with Gasteiger partial charge in [0.1, 0.15) is 0 Å². The van der Waals surface area contributed by atoms with E-state index in [1.807, 2.05) is 0 Å². The van der Waals surface area contributed by atoms with Crippen molar-refractivity contribution >= 4 is 0 Å². The van der Waals surface area contributed by atoms with Crippen LogP contribution in [-0.4, -0.2) is 30.6 Å². The molecule has 1 saturated heterocycles. The SMILES string of the molecule is NC(CN1CCC2CCCCC2C1)C1CC1. The number of rotatable bonds is 3. The Morgan fingerprint density at radius 2 is 1.75 bits per heavy atom. The highest BCUT2D eigenvalue weighted by Gasteiger charge is 2.34. The maximum absolute atomic E-state index is 6.24. The summed E-state index contributed by atoms with van der Waals surface area (Å²) in [5, 5.41) is 0. The number of likely N-dealkylation sites (tertiary alicyclic amines) is 1. The van der Waals surface area contributed by atoms with Crippen LogP contribution in [0.25, 0.3) is 0 Å². The van der Waals surface area contributed by atoms with E-state index in [-0.39, 0.29) is 0 Å². The van der Waals surface area contributed by atoms with Gasteiger partial charge in [-0.25, -0.2) is 0 Å². The average molecular weight is 222 g/mol. The minimum absolute atomic E-state index is 0.472. The number of hydrogen-bond donors (Lipinski definition) is 1. The third kappa shape index (κ3) is 2.43. The molecule has 2 aliphatic carbocycles. The van der Waals surface area contributed by atoms with Crippen molar-refractivity contribution in [1.82, 2.24) is 4.90 Å². The fourth-order valence-electron chi connectivity index (χ4n) is 3.81. The molecule has 3 aliphatic rings. The van der Waals surface area contributed by atoms with Crippen LogP contribution in [0.15, 0.2) is 0 Å². The van der Waals surface area contributed by atoms with Crippen molar-refractivity contribution in [3.05, 3.63) is 0 Å². The summed E-state index contributed by atoms with van der Waals surface area (Å²) < 4.78 is 0. The first-order valence-electron chi connectivity index (χ1n) is 7.31. The molecule has 2 nitrogen and oxygen atoms in total. The van der Waals surface area contributed by atoms with E-state index in [0.29, 0.717) is 6.04 Å². The molecule has 3 unspecified atom stereocenters. The Kier molecular flexibility index (Phi) is 3.21. The zero-order chi connectivity index (χ0) is 11.0. The minimum atomic E-state index is 0.472. The predicted molar refractivity (Wildman–Crippen MR) is 67.2 cm³/mol. The number of piperidine rings is 1. The molecule has 92 valence electrons. The van der Waals surface area contributed by atoms with Gasteiger partial charge in [-0.3, -0.25) is 0 Å². The maximum atomic E-state index is 6.24. The molecule has 3 fully saturated rings. The van der Waals surface area contributed by atoms with Crippen molar-refractivity contribution < 1.29 is 0 Å². The Labute approximate surface area is 99.6 Å². The maximum Gasteiger partial charge on any atom is 0.0196 e. The van der Waals surface area contributed by atoms with Gasteiger partial charge in [-0.15, -0.1) is 0 Å². The van der Waals surface area contributed by atoms with E-state index >= 15 is 0 Å². The normalized spacial score (nSPS) is 38.1. The average Bonchev–Trinajstić information content (AvgIpc) is 3.12. The Morgan fingerprint density at radius 1 is 1.00 bits per heavy atom. The van der Waals surface area contributed by atoms with E-state index < -0.39 is 0 Å². The first-order valence-corrected chi connectivity index (χ1v) is 7.31. The van der Waals surface area contributed by atoms with Crippen LogP contribution in [0.5, 0.6) is 0 Å². The summed E-state index contributed by atoms with van der Waals surface area (Å²) in [6.45, 7) is 3.85. The zero-order valence-corrected chi connectivity index (χ0v) is 10.4. The van der Waals surface area contributed by atoms with Crippen molar-refractivity contribution in [2.45, 2.75) is 51.0 Å². The molecule has 3 rings (SSSR count). The molecule has 0 bridgehead atoms. The lowest BCUT2D eigenvalue weighted by Gasteiger charge is -2.42. The quantitative estimate of drug-likeness (QED) is 0.793. The number of nitrogens with two attached hydrogens (primary N) is 1. The molecule has 1 aliphatic heterocycles. The molecule has 0 amide bonds. The van der Waals surface area contributed by atoms with Crippen LogP contribution in [0.4, 0.5) is 0 Å². The van der Waals surface area contributed by atoms with Crippen molar-refractivity contribution in [1.29, 1.82) is 0 Å². The molecule has 16 heavy (non-hydrogen) atoms. The van der Waals surface area contributed by atoms with Crippen LogP contribution in [0.2, 0.25) is 0 Å². The van der Waals surface area contributed by atoms with Gasteiger partial charge in [-0.2, -0.15) is 0 Å². The Hall–Kier alpha value is -0.0800. The molecule has 1 heterocycles. The van der Waals surface area contributed by atoms with Crippen LogP contribution in [-0.2, 0) is 0 Å². The highest BCUT2D eigenvalue weighted by molar-refractivity contribution is 4.89. The van der Waals surface area contributed by atoms with Crippen LogP contribution in [0.3, 0.4) is 0 Å². The van der Waals surface area contributed by atoms with Gasteiger partial charge in [0.05, 0.1) is 0 Å². The molecule has 0 aromatic rings. The first kappa shape index (κ1) is 11.0. The monoisotopic (exact) mass is 222 g/mol. The van der Waals surface area contributed by atoms with Crippen molar-refractivity contribution in [2.24, 2.45) is 23.5 Å². The molecule has 2 heteroatoms. The summed E-state index contributed by atoms with van der Waals surface area (Å²) in [5.41, 5.74) is 6.24. The molecule has 0 aromatic carbocycles. The lowest BCUT2D eigenvalue weighted by molar-refractivity contribution is 0.0813. The molecule has 0 radical (unpaired) electrons. The van der Waals surface area contributed by atoms with E-state index in [0.717, 1.165) is 17.8 Å². The Morgan fingerprint density at radius 3 is 2.50 bits per heavy atom. The number of hydrogen-bond acceptors (Lipinski definition) is 2. The van der Waals surface area contributed by atoms with E-state index in [9.17, 15) is 0 Å². The summed E-state index contributed by atoms with van der Waals surface area (Å²) >= 11 is 0. The van der Waals surface area contributed by atoms with E-state index in [1.54, 1.807) is 0 Å². The third-order valence-electron chi connectivity index (χ3n) is 5.07. The lowest BCUT2D eigenvalue weighted by atomic mass is 9.75. The Balaban J connectivity index is 1.49. The molecule has 2 N–H and O–H groups in total. The van der Waals surface area contributed by atoms with Gasteiger partial charge in [-0.1, -0.05) is 19.3 Å². The molecule has 3 atom stereocenters. The molecular weight excluding hydrogens is 196 g/mol. The fourth-order valence-corrected chi connectivity index (χ4v) is 3.81. The largest absolute Gasteiger partial charge is 0.326 e.